The van der Waals surface area contributed by atoms with Crippen molar-refractivity contribution in [1.82, 2.24) is 9.80 Å². The molecule has 0 saturated carbocycles. The van der Waals surface area contributed by atoms with Gasteiger partial charge in [-0.2, -0.15) is 5.26 Å². The first-order chi connectivity index (χ1) is 12.5. The number of hydrogen-bond donors (Lipinski definition) is 0. The van der Waals surface area contributed by atoms with E-state index in [-0.39, 0.29) is 30.8 Å². The second-order valence-corrected chi connectivity index (χ2v) is 7.28. The molecule has 3 rings (SSSR count). The summed E-state index contributed by atoms with van der Waals surface area (Å²) in [4.78, 5) is 17.0. The molecule has 0 spiro atoms. The van der Waals surface area contributed by atoms with Crippen molar-refractivity contribution < 1.29 is 14.3 Å². The second kappa shape index (κ2) is 8.52. The van der Waals surface area contributed by atoms with Crippen molar-refractivity contribution in [2.75, 3.05) is 32.8 Å². The molecule has 2 fully saturated rings. The molecule has 0 unspecified atom stereocenters. The predicted octanol–water partition coefficient (Wildman–Crippen LogP) is 2.04. The van der Waals surface area contributed by atoms with E-state index in [0.29, 0.717) is 11.3 Å². The van der Waals surface area contributed by atoms with Crippen molar-refractivity contribution in [3.63, 3.8) is 0 Å². The summed E-state index contributed by atoms with van der Waals surface area (Å²) in [7, 11) is 0. The Morgan fingerprint density at radius 2 is 1.96 bits per heavy atom. The Morgan fingerprint density at radius 3 is 2.62 bits per heavy atom. The van der Waals surface area contributed by atoms with Crippen LogP contribution >= 0.6 is 0 Å². The van der Waals surface area contributed by atoms with Crippen LogP contribution in [0.15, 0.2) is 24.3 Å². The third-order valence-corrected chi connectivity index (χ3v) is 5.01. The van der Waals surface area contributed by atoms with E-state index in [9.17, 15) is 4.79 Å². The molecule has 26 heavy (non-hydrogen) atoms. The summed E-state index contributed by atoms with van der Waals surface area (Å²) < 4.78 is 11.4. The Bertz CT molecular complexity index is 645. The fourth-order valence-corrected chi connectivity index (χ4v) is 3.94. The van der Waals surface area contributed by atoms with Crippen LogP contribution in [0.2, 0.25) is 0 Å². The van der Waals surface area contributed by atoms with E-state index in [4.69, 9.17) is 14.7 Å². The zero-order chi connectivity index (χ0) is 18.5. The van der Waals surface area contributed by atoms with Crippen molar-refractivity contribution in [3.05, 3.63) is 29.8 Å². The predicted molar refractivity (Wildman–Crippen MR) is 97.8 cm³/mol. The van der Waals surface area contributed by atoms with Crippen LogP contribution in [0.1, 0.15) is 32.3 Å². The molecule has 2 aliphatic heterocycles. The van der Waals surface area contributed by atoms with Crippen molar-refractivity contribution >= 4 is 5.91 Å². The van der Waals surface area contributed by atoms with E-state index in [1.54, 1.807) is 24.3 Å². The average Bonchev–Trinajstić information content (AvgIpc) is 3.07. The molecule has 1 aromatic carbocycles. The van der Waals surface area contributed by atoms with Gasteiger partial charge < -0.3 is 14.4 Å². The SMILES string of the molecule is C[C@@H]1CN(C[C@H]2CCCN2C(=O)COc2ccc(C#N)cc2)C[C@@H](C)O1. The third-order valence-electron chi connectivity index (χ3n) is 5.01. The maximum atomic E-state index is 12.6. The standard InChI is InChI=1S/C20H27N3O3/c1-15-11-22(12-16(2)26-15)13-18-4-3-9-23(18)20(24)14-25-19-7-5-17(10-21)6-8-19/h5-8,15-16,18H,3-4,9,11-14H2,1-2H3/t15-,16-,18-/m1/s1. The van der Waals surface area contributed by atoms with Gasteiger partial charge in [0, 0.05) is 32.2 Å². The number of nitrogens with zero attached hydrogens (tertiary/aromatic N) is 3. The van der Waals surface area contributed by atoms with Gasteiger partial charge in [-0.25, -0.2) is 0 Å². The monoisotopic (exact) mass is 357 g/mol. The number of rotatable bonds is 5. The molecular formula is C20H27N3O3. The molecule has 140 valence electrons. The molecule has 6 heteroatoms. The minimum atomic E-state index is 0.0335. The lowest BCUT2D eigenvalue weighted by molar-refractivity contribution is -0.135. The van der Waals surface area contributed by atoms with Crippen LogP contribution in [0, 0.1) is 11.3 Å². The van der Waals surface area contributed by atoms with Crippen LogP contribution in [-0.2, 0) is 9.53 Å². The van der Waals surface area contributed by atoms with Crippen LogP contribution in [0.3, 0.4) is 0 Å². The van der Waals surface area contributed by atoms with E-state index in [1.807, 2.05) is 4.90 Å². The number of likely N-dealkylation sites (tertiary alicyclic amines) is 1. The van der Waals surface area contributed by atoms with E-state index in [2.05, 4.69) is 24.8 Å². The Hall–Kier alpha value is -2.10. The maximum Gasteiger partial charge on any atom is 0.260 e. The van der Waals surface area contributed by atoms with Gasteiger partial charge >= 0.3 is 0 Å². The summed E-state index contributed by atoms with van der Waals surface area (Å²) in [5.74, 6) is 0.648. The lowest BCUT2D eigenvalue weighted by Crippen LogP contribution is -2.51. The van der Waals surface area contributed by atoms with Gasteiger partial charge in [-0.1, -0.05) is 0 Å². The molecule has 0 bridgehead atoms. The fraction of sp³-hybridized carbons (Fsp3) is 0.600. The summed E-state index contributed by atoms with van der Waals surface area (Å²) in [6.07, 6.45) is 2.57. The second-order valence-electron chi connectivity index (χ2n) is 7.28. The Morgan fingerprint density at radius 1 is 1.27 bits per heavy atom. The van der Waals surface area contributed by atoms with E-state index >= 15 is 0 Å². The molecule has 0 aromatic heterocycles. The Labute approximate surface area is 155 Å². The van der Waals surface area contributed by atoms with Gasteiger partial charge in [-0.15, -0.1) is 0 Å². The molecule has 2 heterocycles. The van der Waals surface area contributed by atoms with Crippen LogP contribution in [0.4, 0.5) is 0 Å². The minimum Gasteiger partial charge on any atom is -0.484 e. The molecule has 0 N–H and O–H groups in total. The molecule has 1 aromatic rings. The number of morpholine rings is 1. The summed E-state index contributed by atoms with van der Waals surface area (Å²) in [6.45, 7) is 7.79. The first kappa shape index (κ1) is 18.7. The van der Waals surface area contributed by atoms with E-state index < -0.39 is 0 Å². The molecule has 2 saturated heterocycles. The Kier molecular flexibility index (Phi) is 6.12. The molecule has 2 aliphatic rings. The van der Waals surface area contributed by atoms with Crippen molar-refractivity contribution in [1.29, 1.82) is 5.26 Å². The zero-order valence-corrected chi connectivity index (χ0v) is 15.6. The molecule has 0 radical (unpaired) electrons. The van der Waals surface area contributed by atoms with Crippen LogP contribution in [0.5, 0.6) is 5.75 Å². The van der Waals surface area contributed by atoms with Crippen molar-refractivity contribution in [2.24, 2.45) is 0 Å². The van der Waals surface area contributed by atoms with Crippen LogP contribution < -0.4 is 4.74 Å². The topological polar surface area (TPSA) is 65.8 Å². The summed E-state index contributed by atoms with van der Waals surface area (Å²) in [5, 5.41) is 8.82. The van der Waals surface area contributed by atoms with Crippen LogP contribution in [-0.4, -0.2) is 66.7 Å². The zero-order valence-electron chi connectivity index (χ0n) is 15.6. The number of nitriles is 1. The van der Waals surface area contributed by atoms with Gasteiger partial charge in [0.15, 0.2) is 6.61 Å². The van der Waals surface area contributed by atoms with E-state index in [0.717, 1.165) is 39.0 Å². The quantitative estimate of drug-likeness (QED) is 0.807. The molecule has 1 amide bonds. The fourth-order valence-electron chi connectivity index (χ4n) is 3.94. The number of carbonyl (C=O) groups is 1. The summed E-state index contributed by atoms with van der Waals surface area (Å²) >= 11 is 0. The highest BCUT2D eigenvalue weighted by Gasteiger charge is 2.32. The van der Waals surface area contributed by atoms with Gasteiger partial charge in [0.25, 0.3) is 5.91 Å². The Balaban J connectivity index is 1.51. The van der Waals surface area contributed by atoms with Crippen molar-refractivity contribution in [2.45, 2.75) is 44.9 Å². The highest BCUT2D eigenvalue weighted by Crippen LogP contribution is 2.21. The van der Waals surface area contributed by atoms with Gasteiger partial charge in [0.1, 0.15) is 5.75 Å². The first-order valence-corrected chi connectivity index (χ1v) is 9.35. The normalized spacial score (nSPS) is 26.5. The maximum absolute atomic E-state index is 12.6. The first-order valence-electron chi connectivity index (χ1n) is 9.35. The molecule has 6 nitrogen and oxygen atoms in total. The van der Waals surface area contributed by atoms with Gasteiger partial charge in [-0.05, 0) is 51.0 Å². The number of benzene rings is 1. The lowest BCUT2D eigenvalue weighted by Gasteiger charge is -2.38. The highest BCUT2D eigenvalue weighted by atomic mass is 16.5. The number of ether oxygens (including phenoxy) is 2. The van der Waals surface area contributed by atoms with Gasteiger partial charge in [-0.3, -0.25) is 9.69 Å². The number of hydrogen-bond acceptors (Lipinski definition) is 5. The average molecular weight is 357 g/mol. The van der Waals surface area contributed by atoms with Gasteiger partial charge in [0.2, 0.25) is 0 Å². The van der Waals surface area contributed by atoms with E-state index in [1.165, 1.54) is 0 Å². The van der Waals surface area contributed by atoms with Gasteiger partial charge in [0.05, 0.1) is 23.8 Å². The largest absolute Gasteiger partial charge is 0.484 e. The molecule has 3 atom stereocenters. The summed E-state index contributed by atoms with van der Waals surface area (Å²) in [5.41, 5.74) is 0.581. The number of amides is 1. The lowest BCUT2D eigenvalue weighted by atomic mass is 10.1. The molecular weight excluding hydrogens is 330 g/mol. The van der Waals surface area contributed by atoms with Crippen molar-refractivity contribution in [3.8, 4) is 11.8 Å². The number of carbonyl (C=O) groups excluding carboxylic acids is 1. The highest BCUT2D eigenvalue weighted by molar-refractivity contribution is 5.78. The smallest absolute Gasteiger partial charge is 0.260 e. The third kappa shape index (κ3) is 4.75. The summed E-state index contributed by atoms with van der Waals surface area (Å²) in [6, 6.07) is 9.16. The minimum absolute atomic E-state index is 0.0335. The molecule has 0 aliphatic carbocycles. The van der Waals surface area contributed by atoms with Crippen LogP contribution in [0.25, 0.3) is 0 Å².